The number of fused-ring (bicyclic) bond motifs is 2. The Hall–Kier alpha value is -5.02. The van der Waals surface area contributed by atoms with Crippen LogP contribution in [-0.4, -0.2) is 69.0 Å². The Morgan fingerprint density at radius 1 is 1.23 bits per heavy atom. The lowest BCUT2D eigenvalue weighted by molar-refractivity contribution is -0.121. The maximum absolute atomic E-state index is 13.6. The van der Waals surface area contributed by atoms with Crippen LogP contribution in [-0.2, 0) is 23.2 Å². The molecule has 2 fully saturated rings. The van der Waals surface area contributed by atoms with Crippen molar-refractivity contribution in [3.63, 3.8) is 0 Å². The number of piperidine rings is 1. The van der Waals surface area contributed by atoms with Crippen LogP contribution >= 0.6 is 0 Å². The van der Waals surface area contributed by atoms with Gasteiger partial charge in [0.2, 0.25) is 5.91 Å². The molecular weight excluding hydrogens is 578 g/mol. The molecule has 1 saturated heterocycles. The van der Waals surface area contributed by atoms with E-state index in [0.717, 1.165) is 10.8 Å². The van der Waals surface area contributed by atoms with Gasteiger partial charge in [0.1, 0.15) is 29.2 Å². The van der Waals surface area contributed by atoms with Crippen molar-refractivity contribution in [2.75, 3.05) is 30.0 Å². The van der Waals surface area contributed by atoms with Gasteiger partial charge in [0.15, 0.2) is 5.78 Å². The number of Topliss-reactive ketones (excluding diaryl/α,β-unsaturated/α-hetero) is 1. The van der Waals surface area contributed by atoms with Gasteiger partial charge < -0.3 is 31.9 Å². The summed E-state index contributed by atoms with van der Waals surface area (Å²) in [6, 6.07) is -0.951. The number of aromatic nitrogens is 2. The number of likely N-dealkylation sites (tertiary alicyclic amines) is 1. The molecule has 1 saturated carbocycles. The highest BCUT2D eigenvalue weighted by molar-refractivity contribution is 6.08. The summed E-state index contributed by atoms with van der Waals surface area (Å²) >= 11 is 0. The van der Waals surface area contributed by atoms with Gasteiger partial charge in [-0.1, -0.05) is 20.1 Å². The molecule has 0 aromatic carbocycles. The first kappa shape index (κ1) is 31.9. The van der Waals surface area contributed by atoms with E-state index in [4.69, 9.17) is 11.5 Å². The average Bonchev–Trinajstić information content (AvgIpc) is 3.43. The minimum Gasteiger partial charge on any atom is -0.402 e. The molecule has 0 spiro atoms. The number of hydrogen-bond donors (Lipinski definition) is 4. The molecule has 3 aliphatic rings. The zero-order valence-electron chi connectivity index (χ0n) is 24.7. The van der Waals surface area contributed by atoms with E-state index in [1.165, 1.54) is 34.9 Å². The van der Waals surface area contributed by atoms with E-state index in [1.54, 1.807) is 18.7 Å². The lowest BCUT2D eigenvalue weighted by atomic mass is 10.2. The van der Waals surface area contributed by atoms with Gasteiger partial charge in [0, 0.05) is 32.8 Å². The Kier molecular flexibility index (Phi) is 8.92. The summed E-state index contributed by atoms with van der Waals surface area (Å²) in [5, 5.41) is 5.54. The molecule has 6 N–H and O–H groups in total. The standard InChI is InChI=1S/C28H36F2N10O4/c1-6-16(41)11-39-26(43)23-24(37(5)27(39)44)34-14-40(23)15(4)25(42)36-21(9-31)35-20(7-2)19(32)10-33-22(8-3)38-12-17-18(13-38)28(17,29)30/h7-10,15,17-18,34H,2-3,6,11-14,31-32H2,1,4-5H3,(H,36,42)/b19-10-,21-9+,33-22+,35-20+/t15-,17?,18?/m0/s1. The minimum absolute atomic E-state index is 0.0382. The van der Waals surface area contributed by atoms with Crippen LogP contribution in [0.2, 0.25) is 0 Å². The Morgan fingerprint density at radius 3 is 2.45 bits per heavy atom. The van der Waals surface area contributed by atoms with E-state index in [9.17, 15) is 28.0 Å². The van der Waals surface area contributed by atoms with Crippen molar-refractivity contribution in [1.29, 1.82) is 0 Å². The summed E-state index contributed by atoms with van der Waals surface area (Å²) in [5.41, 5.74) is 10.7. The van der Waals surface area contributed by atoms with Crippen LogP contribution in [0.5, 0.6) is 0 Å². The van der Waals surface area contributed by atoms with Crippen molar-refractivity contribution in [1.82, 2.24) is 19.4 Å². The number of ketones is 1. The number of carbonyl (C=O) groups excluding carboxylic acids is 2. The van der Waals surface area contributed by atoms with Crippen LogP contribution in [0.3, 0.4) is 0 Å². The number of amides is 1. The average molecular weight is 615 g/mol. The molecule has 16 heteroatoms. The first-order chi connectivity index (χ1) is 20.8. The number of nitrogens with zero attached hydrogens (tertiary/aromatic N) is 6. The van der Waals surface area contributed by atoms with Crippen molar-refractivity contribution in [2.24, 2.45) is 40.3 Å². The highest BCUT2D eigenvalue weighted by atomic mass is 19.3. The molecule has 1 aliphatic carbocycles. The van der Waals surface area contributed by atoms with Gasteiger partial charge in [-0.15, -0.1) is 0 Å². The van der Waals surface area contributed by atoms with E-state index in [0.29, 0.717) is 5.84 Å². The molecular formula is C28H36F2N10O4. The number of rotatable bonds is 11. The first-order valence-corrected chi connectivity index (χ1v) is 13.9. The topological polar surface area (TPSA) is 185 Å². The van der Waals surface area contributed by atoms with E-state index < -0.39 is 41.0 Å². The summed E-state index contributed by atoms with van der Waals surface area (Å²) in [6.07, 6.45) is 5.24. The molecule has 1 aromatic rings. The number of nitrogens with one attached hydrogen (secondary N) is 2. The van der Waals surface area contributed by atoms with Gasteiger partial charge in [-0.05, 0) is 19.1 Å². The SMILES string of the molecule is C=CC(=N\C(=C/N)NC(=O)[C@H](C)N1CNc2c1c(=O)n(CC(=O)CC)c(=O)n2C)/C(N)=C/N=C(\C=C)N1CC2C(C1)C2(F)F. The van der Waals surface area contributed by atoms with Crippen LogP contribution in [0.4, 0.5) is 20.3 Å². The van der Waals surface area contributed by atoms with E-state index in [1.807, 2.05) is 0 Å². The molecule has 1 amide bonds. The number of allylic oxidation sites excluding steroid dienone is 1. The number of nitrogens with two attached hydrogens (primary N) is 2. The van der Waals surface area contributed by atoms with Crippen molar-refractivity contribution >= 4 is 34.7 Å². The van der Waals surface area contributed by atoms with Gasteiger partial charge in [-0.25, -0.2) is 23.6 Å². The molecule has 0 radical (unpaired) electrons. The van der Waals surface area contributed by atoms with Gasteiger partial charge in [-0.2, -0.15) is 0 Å². The predicted molar refractivity (Wildman–Crippen MR) is 163 cm³/mol. The third-order valence-corrected chi connectivity index (χ3v) is 7.99. The van der Waals surface area contributed by atoms with Gasteiger partial charge >= 0.3 is 5.69 Å². The fourth-order valence-electron chi connectivity index (χ4n) is 5.21. The zero-order chi connectivity index (χ0) is 32.5. The van der Waals surface area contributed by atoms with Crippen LogP contribution in [0.25, 0.3) is 0 Å². The molecule has 2 aliphatic heterocycles. The smallest absolute Gasteiger partial charge is 0.332 e. The second-order valence-corrected chi connectivity index (χ2v) is 10.6. The summed E-state index contributed by atoms with van der Waals surface area (Å²) in [7, 11) is 1.46. The fraction of sp³-hybridized carbons (Fsp3) is 0.429. The highest BCUT2D eigenvalue weighted by Crippen LogP contribution is 2.59. The van der Waals surface area contributed by atoms with Crippen molar-refractivity contribution in [2.45, 2.75) is 38.8 Å². The maximum Gasteiger partial charge on any atom is 0.332 e. The molecule has 236 valence electrons. The second-order valence-electron chi connectivity index (χ2n) is 10.6. The van der Waals surface area contributed by atoms with Crippen LogP contribution < -0.4 is 38.2 Å². The van der Waals surface area contributed by atoms with Crippen molar-refractivity contribution in [3.8, 4) is 0 Å². The Bertz CT molecular complexity index is 1620. The van der Waals surface area contributed by atoms with Crippen molar-refractivity contribution < 1.29 is 18.4 Å². The molecule has 44 heavy (non-hydrogen) atoms. The zero-order valence-corrected chi connectivity index (χ0v) is 24.7. The number of alkyl halides is 2. The van der Waals surface area contributed by atoms with Gasteiger partial charge in [0.05, 0.1) is 42.7 Å². The molecule has 4 rings (SSSR count). The van der Waals surface area contributed by atoms with E-state index >= 15 is 0 Å². The van der Waals surface area contributed by atoms with Gasteiger partial charge in [-0.3, -0.25) is 23.5 Å². The summed E-state index contributed by atoms with van der Waals surface area (Å²) in [4.78, 5) is 63.0. The molecule has 2 unspecified atom stereocenters. The number of halogens is 2. The predicted octanol–water partition coefficient (Wildman–Crippen LogP) is 0.186. The lowest BCUT2D eigenvalue weighted by Gasteiger charge is -2.25. The molecule has 3 atom stereocenters. The largest absolute Gasteiger partial charge is 0.402 e. The number of amidine groups is 1. The third kappa shape index (κ3) is 5.78. The van der Waals surface area contributed by atoms with E-state index in [-0.39, 0.29) is 67.2 Å². The number of hydrogen-bond acceptors (Lipinski definition) is 10. The minimum atomic E-state index is -2.63. The fourth-order valence-corrected chi connectivity index (χ4v) is 5.21. The lowest BCUT2D eigenvalue weighted by Crippen LogP contribution is -2.48. The summed E-state index contributed by atoms with van der Waals surface area (Å²) in [6.45, 7) is 10.6. The van der Waals surface area contributed by atoms with Gasteiger partial charge in [0.25, 0.3) is 11.5 Å². The Morgan fingerprint density at radius 2 is 1.89 bits per heavy atom. The van der Waals surface area contributed by atoms with Crippen LogP contribution in [0.15, 0.2) is 68.8 Å². The first-order valence-electron chi connectivity index (χ1n) is 13.9. The molecule has 3 heterocycles. The normalized spacial score (nSPS) is 21.8. The summed E-state index contributed by atoms with van der Waals surface area (Å²) < 4.78 is 29.2. The Labute approximate surface area is 251 Å². The van der Waals surface area contributed by atoms with Crippen LogP contribution in [0.1, 0.15) is 20.3 Å². The van der Waals surface area contributed by atoms with Crippen molar-refractivity contribution in [3.05, 3.63) is 70.1 Å². The number of anilines is 2. The quantitative estimate of drug-likeness (QED) is 0.199. The number of aliphatic imine (C=N–C) groups is 2. The molecule has 14 nitrogen and oxygen atoms in total. The Balaban J connectivity index is 1.50. The summed E-state index contributed by atoms with van der Waals surface area (Å²) in [5.74, 6) is -4.37. The number of carbonyl (C=O) groups is 2. The molecule has 1 aromatic heterocycles. The maximum atomic E-state index is 13.6. The van der Waals surface area contributed by atoms with Crippen LogP contribution in [0, 0.1) is 11.8 Å². The molecule has 0 bridgehead atoms. The van der Waals surface area contributed by atoms with E-state index in [2.05, 4.69) is 33.8 Å². The second kappa shape index (κ2) is 12.3. The highest BCUT2D eigenvalue weighted by Gasteiger charge is 2.71. The monoisotopic (exact) mass is 614 g/mol. The third-order valence-electron chi connectivity index (χ3n) is 7.99.